The van der Waals surface area contributed by atoms with Gasteiger partial charge in [0.1, 0.15) is 0 Å². The summed E-state index contributed by atoms with van der Waals surface area (Å²) in [6.45, 7) is 1.43. The lowest BCUT2D eigenvalue weighted by molar-refractivity contribution is -0.137. The minimum Gasteiger partial charge on any atom is -0.341 e. The van der Waals surface area contributed by atoms with E-state index in [0.717, 1.165) is 31.5 Å². The van der Waals surface area contributed by atoms with Crippen LogP contribution in [-0.2, 0) is 17.4 Å². The predicted molar refractivity (Wildman–Crippen MR) is 83.5 cm³/mol. The van der Waals surface area contributed by atoms with Crippen molar-refractivity contribution in [1.82, 2.24) is 10.2 Å². The molecule has 0 aliphatic carbocycles. The highest BCUT2D eigenvalue weighted by molar-refractivity contribution is 5.85. The monoisotopic (exact) mass is 348 g/mol. The van der Waals surface area contributed by atoms with E-state index in [2.05, 4.69) is 5.32 Å². The SMILES string of the molecule is Cl.O=C(Cc1ccc(C(F)(F)F)cc1)N1CCC2CCC(C1)N2. The van der Waals surface area contributed by atoms with E-state index < -0.39 is 11.7 Å². The van der Waals surface area contributed by atoms with E-state index in [4.69, 9.17) is 0 Å². The second-order valence-electron chi connectivity index (χ2n) is 6.14. The minimum atomic E-state index is -4.34. The van der Waals surface area contributed by atoms with Crippen molar-refractivity contribution >= 4 is 18.3 Å². The van der Waals surface area contributed by atoms with Crippen molar-refractivity contribution in [2.24, 2.45) is 0 Å². The van der Waals surface area contributed by atoms with E-state index >= 15 is 0 Å². The first-order chi connectivity index (χ1) is 10.4. The van der Waals surface area contributed by atoms with Gasteiger partial charge in [-0.15, -0.1) is 12.4 Å². The third-order valence-electron chi connectivity index (χ3n) is 4.51. The normalized spacial score (nSPS) is 24.0. The van der Waals surface area contributed by atoms with Crippen molar-refractivity contribution in [3.63, 3.8) is 0 Å². The van der Waals surface area contributed by atoms with Crippen LogP contribution in [0.25, 0.3) is 0 Å². The molecular weight excluding hydrogens is 329 g/mol. The van der Waals surface area contributed by atoms with Gasteiger partial charge in [-0.1, -0.05) is 12.1 Å². The molecule has 1 N–H and O–H groups in total. The summed E-state index contributed by atoms with van der Waals surface area (Å²) in [5.74, 6) is -0.00545. The van der Waals surface area contributed by atoms with Crippen LogP contribution in [0.1, 0.15) is 30.4 Å². The van der Waals surface area contributed by atoms with Gasteiger partial charge in [0.25, 0.3) is 0 Å². The minimum absolute atomic E-state index is 0. The van der Waals surface area contributed by atoms with Crippen LogP contribution in [0.4, 0.5) is 13.2 Å². The van der Waals surface area contributed by atoms with Crippen LogP contribution in [0.2, 0.25) is 0 Å². The molecule has 128 valence electrons. The second kappa shape index (κ2) is 7.09. The second-order valence-corrected chi connectivity index (χ2v) is 6.14. The Bertz CT molecular complexity index is 547. The highest BCUT2D eigenvalue weighted by Crippen LogP contribution is 2.29. The molecule has 3 nitrogen and oxygen atoms in total. The quantitative estimate of drug-likeness (QED) is 0.891. The molecule has 0 saturated carbocycles. The molecule has 0 aromatic heterocycles. The fraction of sp³-hybridized carbons (Fsp3) is 0.562. The van der Waals surface area contributed by atoms with Gasteiger partial charge in [0.15, 0.2) is 0 Å². The Morgan fingerprint density at radius 3 is 2.43 bits per heavy atom. The van der Waals surface area contributed by atoms with E-state index in [-0.39, 0.29) is 24.7 Å². The molecular formula is C16H20ClF3N2O. The molecule has 23 heavy (non-hydrogen) atoms. The molecule has 2 atom stereocenters. The Hall–Kier alpha value is -1.27. The summed E-state index contributed by atoms with van der Waals surface area (Å²) >= 11 is 0. The van der Waals surface area contributed by atoms with E-state index in [1.165, 1.54) is 18.6 Å². The van der Waals surface area contributed by atoms with Crippen LogP contribution in [-0.4, -0.2) is 36.0 Å². The molecule has 2 unspecified atom stereocenters. The molecule has 0 radical (unpaired) electrons. The number of nitrogens with zero attached hydrogens (tertiary/aromatic N) is 1. The highest BCUT2D eigenvalue weighted by atomic mass is 35.5. The summed E-state index contributed by atoms with van der Waals surface area (Å²) in [5, 5.41) is 3.51. The first-order valence-electron chi connectivity index (χ1n) is 7.62. The summed E-state index contributed by atoms with van der Waals surface area (Å²) < 4.78 is 37.6. The molecule has 2 saturated heterocycles. The first-order valence-corrected chi connectivity index (χ1v) is 7.62. The standard InChI is InChI=1S/C16H19F3N2O.ClH/c17-16(18,19)12-3-1-11(2-4-12)9-15(22)21-8-7-13-5-6-14(10-21)20-13;/h1-4,13-14,20H,5-10H2;1H. The lowest BCUT2D eigenvalue weighted by Gasteiger charge is -2.24. The third kappa shape index (κ3) is 4.38. The van der Waals surface area contributed by atoms with Gasteiger partial charge in [-0.05, 0) is 37.0 Å². The van der Waals surface area contributed by atoms with Crippen LogP contribution >= 0.6 is 12.4 Å². The number of amides is 1. The Morgan fingerprint density at radius 1 is 1.13 bits per heavy atom. The summed E-state index contributed by atoms with van der Waals surface area (Å²) in [6, 6.07) is 5.73. The molecule has 2 aliphatic heterocycles. The van der Waals surface area contributed by atoms with Crippen molar-refractivity contribution in [1.29, 1.82) is 0 Å². The number of alkyl halides is 3. The van der Waals surface area contributed by atoms with E-state index in [1.807, 2.05) is 4.90 Å². The molecule has 2 heterocycles. The summed E-state index contributed by atoms with van der Waals surface area (Å²) in [4.78, 5) is 14.2. The van der Waals surface area contributed by atoms with Gasteiger partial charge in [0, 0.05) is 25.2 Å². The van der Waals surface area contributed by atoms with Gasteiger partial charge in [-0.25, -0.2) is 0 Å². The van der Waals surface area contributed by atoms with E-state index in [1.54, 1.807) is 0 Å². The van der Waals surface area contributed by atoms with Gasteiger partial charge in [-0.2, -0.15) is 13.2 Å². The molecule has 3 rings (SSSR count). The van der Waals surface area contributed by atoms with Gasteiger partial charge in [0.05, 0.1) is 12.0 Å². The zero-order chi connectivity index (χ0) is 15.7. The summed E-state index contributed by atoms with van der Waals surface area (Å²) in [6.07, 6.45) is -0.955. The Balaban J connectivity index is 0.00000192. The smallest absolute Gasteiger partial charge is 0.341 e. The van der Waals surface area contributed by atoms with Gasteiger partial charge in [-0.3, -0.25) is 4.79 Å². The van der Waals surface area contributed by atoms with E-state index in [0.29, 0.717) is 24.2 Å². The number of likely N-dealkylation sites (tertiary alicyclic amines) is 1. The maximum atomic E-state index is 12.5. The third-order valence-corrected chi connectivity index (χ3v) is 4.51. The zero-order valence-corrected chi connectivity index (χ0v) is 13.4. The molecule has 1 amide bonds. The van der Waals surface area contributed by atoms with Crippen molar-refractivity contribution in [2.75, 3.05) is 13.1 Å². The maximum Gasteiger partial charge on any atom is 0.416 e. The number of carbonyl (C=O) groups is 1. The predicted octanol–water partition coefficient (Wildman–Crippen LogP) is 3.02. The number of halogens is 4. The number of fused-ring (bicyclic) bond motifs is 2. The molecule has 0 spiro atoms. The van der Waals surface area contributed by atoms with Gasteiger partial charge >= 0.3 is 6.18 Å². The van der Waals surface area contributed by atoms with Crippen LogP contribution in [0.15, 0.2) is 24.3 Å². The fourth-order valence-electron chi connectivity index (χ4n) is 3.27. The van der Waals surface area contributed by atoms with Crippen molar-refractivity contribution in [3.8, 4) is 0 Å². The molecule has 1 aromatic carbocycles. The number of rotatable bonds is 2. The zero-order valence-electron chi connectivity index (χ0n) is 12.6. The highest BCUT2D eigenvalue weighted by Gasteiger charge is 2.32. The number of carbonyl (C=O) groups excluding carboxylic acids is 1. The lowest BCUT2D eigenvalue weighted by atomic mass is 10.1. The summed E-state index contributed by atoms with van der Waals surface area (Å²) in [5.41, 5.74) is -0.0552. The topological polar surface area (TPSA) is 32.3 Å². The largest absolute Gasteiger partial charge is 0.416 e. The van der Waals surface area contributed by atoms with E-state index in [9.17, 15) is 18.0 Å². The van der Waals surface area contributed by atoms with Crippen molar-refractivity contribution in [3.05, 3.63) is 35.4 Å². The average Bonchev–Trinajstić information content (AvgIpc) is 2.77. The summed E-state index contributed by atoms with van der Waals surface area (Å²) in [7, 11) is 0. The average molecular weight is 349 g/mol. The Labute approximate surface area is 139 Å². The molecule has 2 fully saturated rings. The molecule has 2 aliphatic rings. The Kier molecular flexibility index (Phi) is 5.57. The number of nitrogens with one attached hydrogen (secondary N) is 1. The number of hydrogen-bond donors (Lipinski definition) is 1. The van der Waals surface area contributed by atoms with Crippen molar-refractivity contribution in [2.45, 2.75) is 43.9 Å². The van der Waals surface area contributed by atoms with Crippen LogP contribution in [0.3, 0.4) is 0 Å². The first kappa shape index (κ1) is 18.1. The molecule has 2 bridgehead atoms. The van der Waals surface area contributed by atoms with Crippen LogP contribution in [0.5, 0.6) is 0 Å². The molecule has 1 aromatic rings. The van der Waals surface area contributed by atoms with Crippen LogP contribution < -0.4 is 5.32 Å². The van der Waals surface area contributed by atoms with Crippen molar-refractivity contribution < 1.29 is 18.0 Å². The van der Waals surface area contributed by atoms with Gasteiger partial charge in [0.2, 0.25) is 5.91 Å². The number of benzene rings is 1. The maximum absolute atomic E-state index is 12.5. The van der Waals surface area contributed by atoms with Gasteiger partial charge < -0.3 is 10.2 Å². The van der Waals surface area contributed by atoms with Crippen LogP contribution in [0, 0.1) is 0 Å². The number of hydrogen-bond acceptors (Lipinski definition) is 2. The molecule has 7 heteroatoms. The Morgan fingerprint density at radius 2 is 1.78 bits per heavy atom. The fourth-order valence-corrected chi connectivity index (χ4v) is 3.27. The lowest BCUT2D eigenvalue weighted by Crippen LogP contribution is -2.39.